The van der Waals surface area contributed by atoms with Gasteiger partial charge in [-0.1, -0.05) is 155 Å². The number of hydrogen-bond acceptors (Lipinski definition) is 2. The molecule has 0 radical (unpaired) electrons. The molecule has 0 aliphatic heterocycles. The van der Waals surface area contributed by atoms with E-state index in [0.29, 0.717) is 0 Å². The Hall–Kier alpha value is -8.08. The Kier molecular flexibility index (Phi) is 7.49. The molecule has 0 N–H and O–H groups in total. The molecule has 3 aromatic heterocycles. The first kappa shape index (κ1) is 37.3. The van der Waals surface area contributed by atoms with Gasteiger partial charge in [-0.2, -0.15) is 0 Å². The molecule has 66 heavy (non-hydrogen) atoms. The summed E-state index contributed by atoms with van der Waals surface area (Å²) in [4.78, 5) is 11.3. The molecule has 12 aromatic rings. The van der Waals surface area contributed by atoms with Crippen LogP contribution in [0.15, 0.2) is 194 Å². The summed E-state index contributed by atoms with van der Waals surface area (Å²) < 4.78 is 4.82. The molecule has 4 nitrogen and oxygen atoms in total. The van der Waals surface area contributed by atoms with Crippen molar-refractivity contribution in [3.63, 3.8) is 0 Å². The molecule has 0 amide bonds. The largest absolute Gasteiger partial charge is 0.309 e. The third-order valence-corrected chi connectivity index (χ3v) is 15.1. The summed E-state index contributed by atoms with van der Waals surface area (Å²) in [5.41, 5.74) is 22.8. The van der Waals surface area contributed by atoms with E-state index in [-0.39, 0.29) is 10.8 Å². The third kappa shape index (κ3) is 4.99. The molecule has 2 aliphatic rings. The summed E-state index contributed by atoms with van der Waals surface area (Å²) in [6.45, 7) is 9.38. The van der Waals surface area contributed by atoms with E-state index in [1.54, 1.807) is 0 Å². The van der Waals surface area contributed by atoms with Crippen LogP contribution in [-0.2, 0) is 10.8 Å². The first-order chi connectivity index (χ1) is 32.3. The van der Waals surface area contributed by atoms with Crippen molar-refractivity contribution in [2.75, 3.05) is 0 Å². The monoisotopic (exact) mass is 844 g/mol. The van der Waals surface area contributed by atoms with Crippen LogP contribution in [0.2, 0.25) is 0 Å². The molecule has 0 bridgehead atoms. The van der Waals surface area contributed by atoms with Crippen molar-refractivity contribution in [1.82, 2.24) is 19.1 Å². The van der Waals surface area contributed by atoms with Gasteiger partial charge in [-0.25, -0.2) is 9.97 Å². The number of aromatic nitrogens is 4. The lowest BCUT2D eigenvalue weighted by Crippen LogP contribution is -2.15. The summed E-state index contributed by atoms with van der Waals surface area (Å²) in [5.74, 6) is 0. The van der Waals surface area contributed by atoms with Crippen molar-refractivity contribution in [1.29, 1.82) is 0 Å². The highest BCUT2D eigenvalue weighted by atomic mass is 15.0. The van der Waals surface area contributed by atoms with Gasteiger partial charge in [0.1, 0.15) is 0 Å². The summed E-state index contributed by atoms with van der Waals surface area (Å²) in [7, 11) is 0. The molecule has 0 saturated carbocycles. The fourth-order valence-electron chi connectivity index (χ4n) is 11.9. The number of rotatable bonds is 4. The Balaban J connectivity index is 1.00. The molecule has 0 atom stereocenters. The van der Waals surface area contributed by atoms with Crippen molar-refractivity contribution in [2.45, 2.75) is 38.5 Å². The highest BCUT2D eigenvalue weighted by Crippen LogP contribution is 2.52. The van der Waals surface area contributed by atoms with Crippen LogP contribution >= 0.6 is 0 Å². The fourth-order valence-corrected chi connectivity index (χ4v) is 11.9. The van der Waals surface area contributed by atoms with E-state index in [4.69, 9.17) is 9.97 Å². The maximum Gasteiger partial charge on any atom is 0.0973 e. The number of benzene rings is 9. The SMILES string of the molecule is CC1(C)c2ccccc2-c2ccc(-c3nc4ccc(-n5c6ccccc6c6c7c8ccccc8n(-c8ccccc8)c7ccc65)cc4nc3-c3ccc4c(c3)C(C)(C)c3ccccc3-4)cc21. The van der Waals surface area contributed by atoms with Crippen LogP contribution in [-0.4, -0.2) is 19.1 Å². The van der Waals surface area contributed by atoms with Crippen molar-refractivity contribution in [3.8, 4) is 56.1 Å². The molecular weight excluding hydrogens is 801 g/mol. The predicted molar refractivity (Wildman–Crippen MR) is 274 cm³/mol. The molecule has 2 aliphatic carbocycles. The average Bonchev–Trinajstić information content (AvgIpc) is 4.02. The second-order valence-corrected chi connectivity index (χ2v) is 19.4. The van der Waals surface area contributed by atoms with Gasteiger partial charge in [0.15, 0.2) is 0 Å². The lowest BCUT2D eigenvalue weighted by Gasteiger charge is -2.23. The maximum absolute atomic E-state index is 5.69. The van der Waals surface area contributed by atoms with Crippen LogP contribution in [0, 0.1) is 0 Å². The fraction of sp³-hybridized carbons (Fsp3) is 0.0968. The second-order valence-electron chi connectivity index (χ2n) is 19.4. The standard InChI is InChI=1S/C62H44N4/c1-61(2)47-22-12-8-18-41(47)43-29-26-37(34-49(43)61)59-60(38-27-30-44-42-19-9-13-23-48(42)62(3,4)50(44)35-38)64-52-36-40(28-31-51(52)63-59)66-54-25-15-11-21-46(54)58-56(66)33-32-55-57(58)45-20-10-14-24-53(45)65(55)39-16-6-5-7-17-39/h5-36H,1-4H3. The minimum absolute atomic E-state index is 0.144. The van der Waals surface area contributed by atoms with E-state index in [9.17, 15) is 0 Å². The molecule has 312 valence electrons. The van der Waals surface area contributed by atoms with Crippen molar-refractivity contribution >= 4 is 54.6 Å². The van der Waals surface area contributed by atoms with E-state index >= 15 is 0 Å². The van der Waals surface area contributed by atoms with Gasteiger partial charge in [0.05, 0.1) is 44.5 Å². The topological polar surface area (TPSA) is 35.6 Å². The smallest absolute Gasteiger partial charge is 0.0973 e. The second kappa shape index (κ2) is 13.2. The van der Waals surface area contributed by atoms with Crippen LogP contribution < -0.4 is 0 Å². The van der Waals surface area contributed by atoms with Gasteiger partial charge in [-0.3, -0.25) is 0 Å². The van der Waals surface area contributed by atoms with Crippen molar-refractivity contribution < 1.29 is 0 Å². The Bertz CT molecular complexity index is 4050. The number of fused-ring (bicyclic) bond motifs is 14. The zero-order chi connectivity index (χ0) is 44.1. The molecule has 0 unspecified atom stereocenters. The normalized spacial score (nSPS) is 14.3. The zero-order valence-corrected chi connectivity index (χ0v) is 37.3. The Labute approximate surface area is 383 Å². The highest BCUT2D eigenvalue weighted by Gasteiger charge is 2.37. The molecular formula is C62H44N4. The summed E-state index contributed by atoms with van der Waals surface area (Å²) in [6.07, 6.45) is 0. The van der Waals surface area contributed by atoms with Crippen LogP contribution in [0.25, 0.3) is 111 Å². The van der Waals surface area contributed by atoms with E-state index in [1.807, 2.05) is 0 Å². The lowest BCUT2D eigenvalue weighted by molar-refractivity contribution is 0.660. The first-order valence-corrected chi connectivity index (χ1v) is 23.1. The van der Waals surface area contributed by atoms with Gasteiger partial charge in [-0.05, 0) is 111 Å². The number of para-hydroxylation sites is 3. The highest BCUT2D eigenvalue weighted by molar-refractivity contribution is 6.29. The minimum atomic E-state index is -0.154. The van der Waals surface area contributed by atoms with Crippen LogP contribution in [0.5, 0.6) is 0 Å². The first-order valence-electron chi connectivity index (χ1n) is 23.1. The van der Waals surface area contributed by atoms with Crippen molar-refractivity contribution in [3.05, 3.63) is 216 Å². The predicted octanol–water partition coefficient (Wildman–Crippen LogP) is 15.8. The van der Waals surface area contributed by atoms with Crippen LogP contribution in [0.1, 0.15) is 49.9 Å². The van der Waals surface area contributed by atoms with Gasteiger partial charge in [-0.15, -0.1) is 0 Å². The zero-order valence-electron chi connectivity index (χ0n) is 37.3. The van der Waals surface area contributed by atoms with Gasteiger partial charge in [0, 0.05) is 54.9 Å². The Morgan fingerprint density at radius 2 is 0.788 bits per heavy atom. The third-order valence-electron chi connectivity index (χ3n) is 15.1. The van der Waals surface area contributed by atoms with Gasteiger partial charge in [0.25, 0.3) is 0 Å². The van der Waals surface area contributed by atoms with Crippen LogP contribution in [0.3, 0.4) is 0 Å². The Morgan fingerprint density at radius 3 is 1.35 bits per heavy atom. The summed E-state index contributed by atoms with van der Waals surface area (Å²) in [5, 5.41) is 4.97. The van der Waals surface area contributed by atoms with E-state index in [1.165, 1.54) is 77.1 Å². The molecule has 0 spiro atoms. The summed E-state index contributed by atoms with van der Waals surface area (Å²) >= 11 is 0. The lowest BCUT2D eigenvalue weighted by atomic mass is 9.81. The van der Waals surface area contributed by atoms with E-state index < -0.39 is 0 Å². The number of nitrogens with zero attached hydrogens (tertiary/aromatic N) is 4. The minimum Gasteiger partial charge on any atom is -0.309 e. The molecule has 3 heterocycles. The molecule has 4 heteroatoms. The van der Waals surface area contributed by atoms with Gasteiger partial charge >= 0.3 is 0 Å². The Morgan fingerprint density at radius 1 is 0.333 bits per heavy atom. The van der Waals surface area contributed by atoms with Gasteiger partial charge in [0.2, 0.25) is 0 Å². The summed E-state index contributed by atoms with van der Waals surface area (Å²) in [6, 6.07) is 71.2. The number of hydrogen-bond donors (Lipinski definition) is 0. The molecule has 0 saturated heterocycles. The van der Waals surface area contributed by atoms with E-state index in [0.717, 1.165) is 56.0 Å². The average molecular weight is 845 g/mol. The molecule has 14 rings (SSSR count). The quantitative estimate of drug-likeness (QED) is 0.177. The van der Waals surface area contributed by atoms with Crippen LogP contribution in [0.4, 0.5) is 0 Å². The van der Waals surface area contributed by atoms with E-state index in [2.05, 4.69) is 231 Å². The van der Waals surface area contributed by atoms with Crippen molar-refractivity contribution in [2.24, 2.45) is 0 Å². The molecule has 9 aromatic carbocycles. The van der Waals surface area contributed by atoms with Gasteiger partial charge < -0.3 is 9.13 Å². The maximum atomic E-state index is 5.69. The molecule has 0 fully saturated rings.